The Morgan fingerprint density at radius 1 is 1.40 bits per heavy atom. The highest BCUT2D eigenvalue weighted by molar-refractivity contribution is 5.81. The topological polar surface area (TPSA) is 61.7 Å². The molecule has 0 atom stereocenters. The number of pyridine rings is 1. The quantitative estimate of drug-likeness (QED) is 0.414. The van der Waals surface area contributed by atoms with E-state index >= 15 is 0 Å². The van der Waals surface area contributed by atoms with Gasteiger partial charge in [-0.25, -0.2) is 0 Å². The third-order valence-corrected chi connectivity index (χ3v) is 2.27. The number of benzene rings is 1. The average Bonchev–Trinajstić information content (AvgIpc) is 2.26. The van der Waals surface area contributed by atoms with Crippen LogP contribution in [0.5, 0.6) is 0 Å². The van der Waals surface area contributed by atoms with Gasteiger partial charge in [0, 0.05) is 16.0 Å². The zero-order valence-corrected chi connectivity index (χ0v) is 8.38. The largest absolute Gasteiger partial charge is 0.253 e. The van der Waals surface area contributed by atoms with Crippen LogP contribution < -0.4 is 0 Å². The molecule has 74 valence electrons. The number of aryl methyl sites for hydroxylation is 1. The molecule has 0 radical (unpaired) electrons. The van der Waals surface area contributed by atoms with Crippen molar-refractivity contribution in [1.29, 1.82) is 0 Å². The van der Waals surface area contributed by atoms with E-state index in [2.05, 4.69) is 15.0 Å². The molecule has 0 aliphatic carbocycles. The maximum atomic E-state index is 8.24. The van der Waals surface area contributed by atoms with Crippen molar-refractivity contribution >= 4 is 10.9 Å². The van der Waals surface area contributed by atoms with Gasteiger partial charge in [-0.05, 0) is 30.2 Å². The first kappa shape index (κ1) is 9.49. The number of nitrogens with zero attached hydrogens (tertiary/aromatic N) is 4. The Hall–Kier alpha value is -2.06. The van der Waals surface area contributed by atoms with Crippen molar-refractivity contribution in [3.8, 4) is 0 Å². The molecule has 2 aromatic rings. The SMILES string of the molecule is Cc1cc(CN=[N+]=[N-])nc2ccccc12. The second kappa shape index (κ2) is 3.98. The van der Waals surface area contributed by atoms with Crippen LogP contribution in [-0.4, -0.2) is 4.98 Å². The lowest BCUT2D eigenvalue weighted by atomic mass is 10.1. The summed E-state index contributed by atoms with van der Waals surface area (Å²) in [6.45, 7) is 2.34. The van der Waals surface area contributed by atoms with Gasteiger partial charge >= 0.3 is 0 Å². The van der Waals surface area contributed by atoms with Crippen molar-refractivity contribution in [3.63, 3.8) is 0 Å². The molecule has 0 spiro atoms. The summed E-state index contributed by atoms with van der Waals surface area (Å²) in [7, 11) is 0. The zero-order valence-electron chi connectivity index (χ0n) is 8.38. The van der Waals surface area contributed by atoms with E-state index < -0.39 is 0 Å². The van der Waals surface area contributed by atoms with Gasteiger partial charge in [-0.2, -0.15) is 0 Å². The van der Waals surface area contributed by atoms with E-state index in [0.717, 1.165) is 22.2 Å². The van der Waals surface area contributed by atoms with Crippen LogP contribution in [0.3, 0.4) is 0 Å². The van der Waals surface area contributed by atoms with Gasteiger partial charge in [-0.1, -0.05) is 23.3 Å². The lowest BCUT2D eigenvalue weighted by molar-refractivity contribution is 0.986. The Kier molecular flexibility index (Phi) is 2.52. The van der Waals surface area contributed by atoms with Crippen LogP contribution in [0.1, 0.15) is 11.3 Å². The van der Waals surface area contributed by atoms with E-state index in [1.807, 2.05) is 37.3 Å². The van der Waals surface area contributed by atoms with Crippen LogP contribution in [0.25, 0.3) is 21.3 Å². The van der Waals surface area contributed by atoms with Gasteiger partial charge in [0.2, 0.25) is 0 Å². The van der Waals surface area contributed by atoms with Crippen molar-refractivity contribution < 1.29 is 0 Å². The Bertz CT molecular complexity index is 541. The van der Waals surface area contributed by atoms with Crippen LogP contribution >= 0.6 is 0 Å². The Labute approximate surface area is 87.2 Å². The number of hydrogen-bond acceptors (Lipinski definition) is 2. The van der Waals surface area contributed by atoms with Crippen LogP contribution in [-0.2, 0) is 6.54 Å². The maximum absolute atomic E-state index is 8.24. The Morgan fingerprint density at radius 2 is 2.20 bits per heavy atom. The summed E-state index contributed by atoms with van der Waals surface area (Å²) in [4.78, 5) is 7.13. The highest BCUT2D eigenvalue weighted by Crippen LogP contribution is 2.17. The molecule has 0 saturated carbocycles. The monoisotopic (exact) mass is 198 g/mol. The van der Waals surface area contributed by atoms with Crippen LogP contribution in [0.15, 0.2) is 35.4 Å². The van der Waals surface area contributed by atoms with Crippen LogP contribution in [0.2, 0.25) is 0 Å². The number of aromatic nitrogens is 1. The predicted molar refractivity (Wildman–Crippen MR) is 59.3 cm³/mol. The molecule has 1 aromatic heterocycles. The minimum absolute atomic E-state index is 0.308. The summed E-state index contributed by atoms with van der Waals surface area (Å²) in [5.74, 6) is 0. The van der Waals surface area contributed by atoms with E-state index in [9.17, 15) is 0 Å². The third kappa shape index (κ3) is 1.90. The Morgan fingerprint density at radius 3 is 3.00 bits per heavy atom. The van der Waals surface area contributed by atoms with Crippen LogP contribution in [0.4, 0.5) is 0 Å². The lowest BCUT2D eigenvalue weighted by Crippen LogP contribution is -1.90. The summed E-state index contributed by atoms with van der Waals surface area (Å²) < 4.78 is 0. The highest BCUT2D eigenvalue weighted by atomic mass is 15.1. The molecule has 0 unspecified atom stereocenters. The predicted octanol–water partition coefficient (Wildman–Crippen LogP) is 3.35. The van der Waals surface area contributed by atoms with E-state index in [1.165, 1.54) is 0 Å². The summed E-state index contributed by atoms with van der Waals surface area (Å²) in [5.41, 5.74) is 11.2. The fraction of sp³-hybridized carbons (Fsp3) is 0.182. The molecule has 4 nitrogen and oxygen atoms in total. The molecular weight excluding hydrogens is 188 g/mol. The molecule has 0 amide bonds. The summed E-state index contributed by atoms with van der Waals surface area (Å²) in [6, 6.07) is 9.89. The number of para-hydroxylation sites is 1. The molecule has 15 heavy (non-hydrogen) atoms. The molecular formula is C11H10N4. The normalized spacial score (nSPS) is 9.93. The summed E-state index contributed by atoms with van der Waals surface area (Å²) >= 11 is 0. The van der Waals surface area contributed by atoms with Crippen molar-refractivity contribution in [2.24, 2.45) is 5.11 Å². The molecule has 1 aromatic carbocycles. The number of azide groups is 1. The molecule has 0 aliphatic rings. The first-order valence-electron chi connectivity index (χ1n) is 4.67. The van der Waals surface area contributed by atoms with Gasteiger partial charge in [-0.3, -0.25) is 4.98 Å². The molecule has 4 heteroatoms. The first-order valence-corrected chi connectivity index (χ1v) is 4.67. The smallest absolute Gasteiger partial charge is 0.0707 e. The molecule has 0 bridgehead atoms. The molecule has 0 saturated heterocycles. The molecule has 0 N–H and O–H groups in total. The van der Waals surface area contributed by atoms with Gasteiger partial charge in [0.05, 0.1) is 12.1 Å². The van der Waals surface area contributed by atoms with Gasteiger partial charge in [0.1, 0.15) is 0 Å². The highest BCUT2D eigenvalue weighted by Gasteiger charge is 2.00. The molecule has 2 rings (SSSR count). The molecule has 1 heterocycles. The summed E-state index contributed by atoms with van der Waals surface area (Å²) in [6.07, 6.45) is 0. The van der Waals surface area contributed by atoms with Gasteiger partial charge in [0.25, 0.3) is 0 Å². The minimum atomic E-state index is 0.308. The second-order valence-electron chi connectivity index (χ2n) is 3.34. The maximum Gasteiger partial charge on any atom is 0.0707 e. The fourth-order valence-electron chi connectivity index (χ4n) is 1.60. The molecule has 0 fully saturated rings. The van der Waals surface area contributed by atoms with E-state index in [0.29, 0.717) is 6.54 Å². The van der Waals surface area contributed by atoms with Crippen molar-refractivity contribution in [2.45, 2.75) is 13.5 Å². The third-order valence-electron chi connectivity index (χ3n) is 2.27. The zero-order chi connectivity index (χ0) is 10.7. The minimum Gasteiger partial charge on any atom is -0.253 e. The first-order chi connectivity index (χ1) is 7.31. The number of rotatable bonds is 2. The lowest BCUT2D eigenvalue weighted by Gasteiger charge is -2.03. The average molecular weight is 198 g/mol. The summed E-state index contributed by atoms with van der Waals surface area (Å²) in [5, 5.41) is 4.65. The van der Waals surface area contributed by atoms with E-state index in [4.69, 9.17) is 5.53 Å². The standard InChI is InChI=1S/C11H10N4/c1-8-6-9(7-13-15-12)14-11-5-3-2-4-10(8)11/h2-6H,7H2,1H3. The Balaban J connectivity index is 2.56. The second-order valence-corrected chi connectivity index (χ2v) is 3.34. The van der Waals surface area contributed by atoms with Crippen molar-refractivity contribution in [1.82, 2.24) is 4.98 Å². The molecule has 0 aliphatic heterocycles. The number of fused-ring (bicyclic) bond motifs is 1. The fourth-order valence-corrected chi connectivity index (χ4v) is 1.60. The van der Waals surface area contributed by atoms with Gasteiger partial charge < -0.3 is 0 Å². The van der Waals surface area contributed by atoms with E-state index in [1.54, 1.807) is 0 Å². The van der Waals surface area contributed by atoms with Crippen molar-refractivity contribution in [3.05, 3.63) is 52.0 Å². The number of hydrogen-bond donors (Lipinski definition) is 0. The van der Waals surface area contributed by atoms with Gasteiger partial charge in [0.15, 0.2) is 0 Å². The van der Waals surface area contributed by atoms with Gasteiger partial charge in [-0.15, -0.1) is 0 Å². The van der Waals surface area contributed by atoms with E-state index in [-0.39, 0.29) is 0 Å². The van der Waals surface area contributed by atoms with Crippen molar-refractivity contribution in [2.75, 3.05) is 0 Å². The van der Waals surface area contributed by atoms with Crippen LogP contribution in [0, 0.1) is 6.92 Å².